The largest absolute Gasteiger partial charge is 0.469 e. The summed E-state index contributed by atoms with van der Waals surface area (Å²) in [4.78, 5) is 11.9. The van der Waals surface area contributed by atoms with E-state index >= 15 is 0 Å². The van der Waals surface area contributed by atoms with Gasteiger partial charge in [0.2, 0.25) is 0 Å². The molecule has 0 aliphatic heterocycles. The van der Waals surface area contributed by atoms with Crippen LogP contribution in [0.25, 0.3) is 0 Å². The van der Waals surface area contributed by atoms with Gasteiger partial charge in [-0.1, -0.05) is 78.8 Å². The summed E-state index contributed by atoms with van der Waals surface area (Å²) >= 11 is 7.39. The number of hydrogen-bond acceptors (Lipinski definition) is 6. The summed E-state index contributed by atoms with van der Waals surface area (Å²) < 4.78 is 30.9. The molecule has 6 nitrogen and oxygen atoms in total. The minimum absolute atomic E-state index is 0.00758. The van der Waals surface area contributed by atoms with Crippen LogP contribution < -0.4 is 4.74 Å². The number of alkyl halides is 1. The van der Waals surface area contributed by atoms with Crippen LogP contribution in [0.1, 0.15) is 98.1 Å². The van der Waals surface area contributed by atoms with E-state index in [0.717, 1.165) is 29.7 Å². The number of rotatable bonds is 16. The topological polar surface area (TPSA) is 63.2 Å². The normalized spacial score (nSPS) is 21.9. The predicted octanol–water partition coefficient (Wildman–Crippen LogP) is 10.3. The molecule has 1 fully saturated rings. The van der Waals surface area contributed by atoms with E-state index < -0.39 is 16.6 Å². The van der Waals surface area contributed by atoms with Gasteiger partial charge in [-0.15, -0.1) is 23.4 Å². The third kappa shape index (κ3) is 11.5. The Morgan fingerprint density at radius 2 is 1.71 bits per heavy atom. The van der Waals surface area contributed by atoms with Crippen molar-refractivity contribution >= 4 is 34.2 Å². The van der Waals surface area contributed by atoms with Gasteiger partial charge in [-0.25, -0.2) is 0 Å². The lowest BCUT2D eigenvalue weighted by Crippen LogP contribution is -2.45. The van der Waals surface area contributed by atoms with Gasteiger partial charge in [-0.2, -0.15) is 0 Å². The van der Waals surface area contributed by atoms with E-state index in [1.165, 1.54) is 7.11 Å². The van der Waals surface area contributed by atoms with E-state index in [1.54, 1.807) is 7.11 Å². The highest BCUT2D eigenvalue weighted by Gasteiger charge is 2.49. The molecule has 2 unspecified atom stereocenters. The van der Waals surface area contributed by atoms with Crippen molar-refractivity contribution in [2.45, 2.75) is 147 Å². The van der Waals surface area contributed by atoms with Gasteiger partial charge in [-0.3, -0.25) is 4.79 Å². The van der Waals surface area contributed by atoms with Crippen molar-refractivity contribution in [3.8, 4) is 17.6 Å². The standard InChI is InChI=1S/C39H65ClO6Si2/c1-15-16-19-28(2)33(45-47(11,12)38(3,4)5)25-24-30-34(46-48(13,14)39(6,7)8)26-32(40)36(30)31-22-17-20-29(37(31)44-27-42-9)21-18-23-35(41)43-10/h17,20,22,24-25,28,30,32-34,36H,18-19,21,23,26-27H2,1-14H3/t28?,30-,32+,33?,34+,36-/m0/s1. The smallest absolute Gasteiger partial charge is 0.305 e. The van der Waals surface area contributed by atoms with E-state index in [4.69, 9.17) is 34.7 Å². The summed E-state index contributed by atoms with van der Waals surface area (Å²) in [7, 11) is -1.18. The highest BCUT2D eigenvalue weighted by atomic mass is 35.5. The zero-order chi connectivity index (χ0) is 36.5. The lowest BCUT2D eigenvalue weighted by atomic mass is 9.85. The molecule has 0 saturated heterocycles. The number of esters is 1. The van der Waals surface area contributed by atoms with Crippen LogP contribution in [-0.2, 0) is 29.5 Å². The van der Waals surface area contributed by atoms with Crippen molar-refractivity contribution in [3.05, 3.63) is 41.5 Å². The molecule has 1 aliphatic carbocycles. The van der Waals surface area contributed by atoms with Gasteiger partial charge in [0.25, 0.3) is 0 Å². The minimum Gasteiger partial charge on any atom is -0.469 e. The predicted molar refractivity (Wildman–Crippen MR) is 205 cm³/mol. The Hall–Kier alpha value is -1.61. The number of carbonyl (C=O) groups excluding carboxylic acids is 1. The molecule has 1 aromatic rings. The fourth-order valence-electron chi connectivity index (χ4n) is 5.69. The molecule has 0 radical (unpaired) electrons. The first-order valence-electron chi connectivity index (χ1n) is 17.6. The van der Waals surface area contributed by atoms with E-state index in [-0.39, 0.29) is 58.2 Å². The molecular formula is C39H65ClO6Si2. The first-order valence-corrected chi connectivity index (χ1v) is 23.8. The summed E-state index contributed by atoms with van der Waals surface area (Å²) in [6.45, 7) is 27.2. The molecule has 1 saturated carbocycles. The second kappa shape index (κ2) is 18.1. The molecule has 48 heavy (non-hydrogen) atoms. The van der Waals surface area contributed by atoms with Crippen LogP contribution in [0.5, 0.6) is 5.75 Å². The fourth-order valence-corrected chi connectivity index (χ4v) is 8.88. The number of ether oxygens (including phenoxy) is 3. The summed E-state index contributed by atoms with van der Waals surface area (Å²) in [5.74, 6) is 7.08. The van der Waals surface area contributed by atoms with Crippen molar-refractivity contribution in [1.82, 2.24) is 0 Å². The second-order valence-corrected chi connectivity index (χ2v) is 26.5. The van der Waals surface area contributed by atoms with Crippen LogP contribution in [0.3, 0.4) is 0 Å². The Labute approximate surface area is 300 Å². The van der Waals surface area contributed by atoms with E-state index in [0.29, 0.717) is 19.3 Å². The molecule has 0 aromatic heterocycles. The number of methoxy groups -OCH3 is 2. The molecular weight excluding hydrogens is 656 g/mol. The van der Waals surface area contributed by atoms with Gasteiger partial charge >= 0.3 is 5.97 Å². The highest BCUT2D eigenvalue weighted by molar-refractivity contribution is 6.74. The van der Waals surface area contributed by atoms with Crippen LogP contribution in [0.15, 0.2) is 30.4 Å². The monoisotopic (exact) mass is 720 g/mol. The molecule has 0 amide bonds. The van der Waals surface area contributed by atoms with Crippen LogP contribution in [0.2, 0.25) is 36.3 Å². The summed E-state index contributed by atoms with van der Waals surface area (Å²) in [6, 6.07) is 6.27. The SMILES string of the molecule is CC#CCC(C)C(C=C[C@@H]1[C@@H](c2cccc(CCCC(=O)OC)c2OCOC)[C@H](Cl)C[C@H]1O[Si](C)(C)C(C)(C)C)O[Si](C)(C)C(C)(C)C. The maximum Gasteiger partial charge on any atom is 0.305 e. The summed E-state index contributed by atoms with van der Waals surface area (Å²) in [5, 5.41) is -0.0513. The maximum atomic E-state index is 11.9. The molecule has 272 valence electrons. The third-order valence-electron chi connectivity index (χ3n) is 10.7. The number of hydrogen-bond donors (Lipinski definition) is 0. The first kappa shape index (κ1) is 42.6. The number of carbonyl (C=O) groups is 1. The van der Waals surface area contributed by atoms with Crippen LogP contribution >= 0.6 is 11.6 Å². The molecule has 9 heteroatoms. The zero-order valence-corrected chi connectivity index (χ0v) is 35.2. The van der Waals surface area contributed by atoms with E-state index in [2.05, 4.69) is 117 Å². The van der Waals surface area contributed by atoms with Gasteiger partial charge < -0.3 is 23.1 Å². The number of para-hydroxylation sites is 1. The minimum atomic E-state index is -2.14. The zero-order valence-electron chi connectivity index (χ0n) is 32.4. The molecule has 1 aliphatic rings. The molecule has 2 rings (SSSR count). The third-order valence-corrected chi connectivity index (χ3v) is 20.2. The molecule has 0 N–H and O–H groups in total. The lowest BCUT2D eigenvalue weighted by Gasteiger charge is -2.41. The van der Waals surface area contributed by atoms with Crippen molar-refractivity contribution in [2.75, 3.05) is 21.0 Å². The van der Waals surface area contributed by atoms with Crippen molar-refractivity contribution in [1.29, 1.82) is 0 Å². The van der Waals surface area contributed by atoms with Gasteiger partial charge in [0, 0.05) is 37.2 Å². The number of benzene rings is 1. The van der Waals surface area contributed by atoms with Crippen molar-refractivity contribution < 1.29 is 27.9 Å². The van der Waals surface area contributed by atoms with Crippen LogP contribution in [0.4, 0.5) is 0 Å². The number of halogens is 1. The number of aryl methyl sites for hydroxylation is 1. The summed E-state index contributed by atoms with van der Waals surface area (Å²) in [5.41, 5.74) is 2.07. The molecule has 6 atom stereocenters. The van der Waals surface area contributed by atoms with Crippen LogP contribution in [-0.4, -0.2) is 61.2 Å². The quantitative estimate of drug-likeness (QED) is 0.0423. The highest BCUT2D eigenvalue weighted by Crippen LogP contribution is 2.51. The Morgan fingerprint density at radius 3 is 2.27 bits per heavy atom. The van der Waals surface area contributed by atoms with E-state index in [9.17, 15) is 4.79 Å². The molecule has 0 bridgehead atoms. The lowest BCUT2D eigenvalue weighted by molar-refractivity contribution is -0.140. The van der Waals surface area contributed by atoms with E-state index in [1.807, 2.05) is 6.92 Å². The van der Waals surface area contributed by atoms with Crippen molar-refractivity contribution in [2.24, 2.45) is 11.8 Å². The molecule has 0 heterocycles. The second-order valence-electron chi connectivity index (χ2n) is 16.4. The maximum absolute atomic E-state index is 11.9. The average molecular weight is 722 g/mol. The average Bonchev–Trinajstić information content (AvgIpc) is 3.28. The Kier molecular flexibility index (Phi) is 16.0. The summed E-state index contributed by atoms with van der Waals surface area (Å²) in [6.07, 6.45) is 7.63. The molecule has 1 aromatic carbocycles. The Bertz CT molecular complexity index is 1270. The van der Waals surface area contributed by atoms with Gasteiger partial charge in [0.1, 0.15) is 5.75 Å². The van der Waals surface area contributed by atoms with Crippen molar-refractivity contribution in [3.63, 3.8) is 0 Å². The first-order chi connectivity index (χ1) is 22.2. The van der Waals surface area contributed by atoms with Crippen LogP contribution in [0, 0.1) is 23.7 Å². The van der Waals surface area contributed by atoms with Gasteiger partial charge in [-0.05, 0) is 79.5 Å². The molecule has 0 spiro atoms. The Morgan fingerprint density at radius 1 is 1.06 bits per heavy atom. The Balaban J connectivity index is 2.70. The van der Waals surface area contributed by atoms with Gasteiger partial charge in [0.05, 0.1) is 19.3 Å². The van der Waals surface area contributed by atoms with Gasteiger partial charge in [0.15, 0.2) is 23.4 Å². The fraction of sp³-hybridized carbons (Fsp3) is 0.718.